The van der Waals surface area contributed by atoms with Gasteiger partial charge in [0.2, 0.25) is 5.91 Å². The maximum Gasteiger partial charge on any atom is 0.302 e. The molecule has 39 heavy (non-hydrogen) atoms. The van der Waals surface area contributed by atoms with Gasteiger partial charge in [0.25, 0.3) is 0 Å². The molecule has 3 fully saturated rings. The van der Waals surface area contributed by atoms with E-state index in [0.29, 0.717) is 27.9 Å². The van der Waals surface area contributed by atoms with Crippen molar-refractivity contribution in [3.63, 3.8) is 0 Å². The molecule has 206 valence electrons. The monoisotopic (exact) mass is 568 g/mol. The molecule has 2 heterocycles. The third-order valence-corrected chi connectivity index (χ3v) is 10.9. The van der Waals surface area contributed by atoms with E-state index in [1.165, 1.54) is 18.1 Å². The summed E-state index contributed by atoms with van der Waals surface area (Å²) < 4.78 is 12.3. The van der Waals surface area contributed by atoms with Gasteiger partial charge in [-0.1, -0.05) is 41.4 Å². The summed E-state index contributed by atoms with van der Waals surface area (Å²) in [6, 6.07) is 12.4. The molecule has 6 nitrogen and oxygen atoms in total. The van der Waals surface area contributed by atoms with Gasteiger partial charge in [-0.25, -0.2) is 0 Å². The first-order chi connectivity index (χ1) is 18.8. The van der Waals surface area contributed by atoms with Crippen molar-refractivity contribution in [2.24, 2.45) is 11.8 Å². The van der Waals surface area contributed by atoms with Crippen LogP contribution in [0.4, 0.5) is 0 Å². The highest BCUT2D eigenvalue weighted by molar-refractivity contribution is 6.42. The van der Waals surface area contributed by atoms with Gasteiger partial charge in [-0.05, 0) is 73.9 Å². The molecule has 2 saturated carbocycles. The summed E-state index contributed by atoms with van der Waals surface area (Å²) in [7, 11) is 1.94. The molecular weight excluding hydrogens is 535 g/mol. The second-order valence-corrected chi connectivity index (χ2v) is 13.0. The Bertz CT molecular complexity index is 1350. The number of esters is 1. The first-order valence-corrected chi connectivity index (χ1v) is 14.9. The Balaban J connectivity index is 1.15. The topological polar surface area (TPSA) is 59.1 Å². The van der Waals surface area contributed by atoms with E-state index in [1.807, 2.05) is 18.0 Å². The van der Waals surface area contributed by atoms with Crippen molar-refractivity contribution >= 4 is 35.1 Å². The van der Waals surface area contributed by atoms with Gasteiger partial charge in [0.15, 0.2) is 0 Å². The van der Waals surface area contributed by atoms with Crippen LogP contribution in [-0.4, -0.2) is 66.1 Å². The minimum Gasteiger partial charge on any atom is -0.487 e. The molecule has 2 aliphatic heterocycles. The van der Waals surface area contributed by atoms with Gasteiger partial charge in [0.05, 0.1) is 22.5 Å². The third kappa shape index (κ3) is 4.08. The van der Waals surface area contributed by atoms with Crippen molar-refractivity contribution in [2.45, 2.75) is 75.2 Å². The van der Waals surface area contributed by atoms with Crippen molar-refractivity contribution in [3.8, 4) is 5.75 Å². The lowest BCUT2D eigenvalue weighted by molar-refractivity contribution is -0.142. The second kappa shape index (κ2) is 9.39. The van der Waals surface area contributed by atoms with Crippen LogP contribution >= 0.6 is 23.2 Å². The van der Waals surface area contributed by atoms with Gasteiger partial charge < -0.3 is 14.4 Å². The molecule has 0 N–H and O–H groups in total. The Morgan fingerprint density at radius 2 is 2.03 bits per heavy atom. The van der Waals surface area contributed by atoms with Crippen LogP contribution in [-0.2, 0) is 32.6 Å². The molecule has 1 saturated heterocycles. The molecule has 3 aliphatic carbocycles. The zero-order valence-corrected chi connectivity index (χ0v) is 23.9. The molecular formula is C31H34Cl2N2O4. The van der Waals surface area contributed by atoms with Gasteiger partial charge in [-0.3, -0.25) is 14.5 Å². The fourth-order valence-electron chi connectivity index (χ4n) is 8.40. The van der Waals surface area contributed by atoms with Crippen LogP contribution in [0.2, 0.25) is 10.0 Å². The minimum absolute atomic E-state index is 0.0128. The fourth-order valence-corrected chi connectivity index (χ4v) is 8.72. The van der Waals surface area contributed by atoms with E-state index in [1.54, 1.807) is 12.1 Å². The summed E-state index contributed by atoms with van der Waals surface area (Å²) in [6.45, 7) is 3.49. The number of likely N-dealkylation sites (tertiary alicyclic amines) is 1. The van der Waals surface area contributed by atoms with Crippen LogP contribution in [0.5, 0.6) is 5.75 Å². The van der Waals surface area contributed by atoms with Crippen molar-refractivity contribution in [2.75, 3.05) is 20.1 Å². The number of hydrogen-bond acceptors (Lipinski definition) is 5. The Morgan fingerprint density at radius 3 is 2.82 bits per heavy atom. The number of nitrogens with zero attached hydrogens (tertiary/aromatic N) is 2. The van der Waals surface area contributed by atoms with Crippen LogP contribution in [0.15, 0.2) is 36.4 Å². The van der Waals surface area contributed by atoms with E-state index in [9.17, 15) is 9.59 Å². The number of carbonyl (C=O) groups excluding carboxylic acids is 2. The van der Waals surface area contributed by atoms with Crippen LogP contribution in [0, 0.1) is 11.8 Å². The number of carbonyl (C=O) groups is 2. The van der Waals surface area contributed by atoms with E-state index >= 15 is 0 Å². The lowest BCUT2D eigenvalue weighted by Crippen LogP contribution is -2.69. The highest BCUT2D eigenvalue weighted by Crippen LogP contribution is 2.62. The first-order valence-electron chi connectivity index (χ1n) is 14.2. The standard InChI is InChI=1S/C31H34Cl2N2O4/c1-17(36)38-27-15-20(27)16-35-11-10-31-21-7-9-24(34(2)28(37)13-18-6-8-22(32)23(33)12-18)30(31)39-26-5-3-4-19(29(26)31)14-25(21)35/h3-6,8,12,20-21,24-25,27,30H,7,9-11,13-16H2,1-2H3/t20?,21-,24-,25+,27?,30-,31-/m0/s1. The molecule has 2 unspecified atom stereocenters. The van der Waals surface area contributed by atoms with E-state index in [0.717, 1.165) is 56.5 Å². The summed E-state index contributed by atoms with van der Waals surface area (Å²) in [5, 5.41) is 0.963. The molecule has 2 bridgehead atoms. The predicted octanol–water partition coefficient (Wildman–Crippen LogP) is 5.05. The highest BCUT2D eigenvalue weighted by Gasteiger charge is 2.66. The normalized spacial score (nSPS) is 33.6. The fraction of sp³-hybridized carbons (Fsp3) is 0.548. The van der Waals surface area contributed by atoms with E-state index in [4.69, 9.17) is 32.7 Å². The average Bonchev–Trinajstić information content (AvgIpc) is 3.53. The number of rotatable bonds is 6. The van der Waals surface area contributed by atoms with Crippen LogP contribution in [0.1, 0.15) is 49.3 Å². The number of benzene rings is 2. The molecule has 2 aromatic carbocycles. The van der Waals surface area contributed by atoms with Gasteiger partial charge in [0.1, 0.15) is 18.0 Å². The van der Waals surface area contributed by atoms with Crippen molar-refractivity contribution in [1.29, 1.82) is 0 Å². The van der Waals surface area contributed by atoms with Gasteiger partial charge in [0, 0.05) is 43.5 Å². The van der Waals surface area contributed by atoms with Crippen LogP contribution in [0.3, 0.4) is 0 Å². The summed E-state index contributed by atoms with van der Waals surface area (Å²) in [4.78, 5) is 29.6. The molecule has 0 radical (unpaired) electrons. The Kier molecular flexibility index (Phi) is 6.18. The van der Waals surface area contributed by atoms with Crippen molar-refractivity contribution in [3.05, 3.63) is 63.1 Å². The largest absolute Gasteiger partial charge is 0.487 e. The molecule has 7 rings (SSSR count). The predicted molar refractivity (Wildman–Crippen MR) is 149 cm³/mol. The number of amides is 1. The highest BCUT2D eigenvalue weighted by atomic mass is 35.5. The first kappa shape index (κ1) is 25.7. The van der Waals surface area contributed by atoms with Crippen LogP contribution < -0.4 is 4.74 Å². The van der Waals surface area contributed by atoms with E-state index < -0.39 is 0 Å². The number of ether oxygens (including phenoxy) is 2. The molecule has 1 amide bonds. The summed E-state index contributed by atoms with van der Waals surface area (Å²) in [5.41, 5.74) is 3.61. The van der Waals surface area contributed by atoms with Gasteiger partial charge in [-0.15, -0.1) is 0 Å². The lowest BCUT2D eigenvalue weighted by Gasteiger charge is -2.60. The number of hydrogen-bond donors (Lipinski definition) is 0. The van der Waals surface area contributed by atoms with Gasteiger partial charge >= 0.3 is 5.97 Å². The summed E-state index contributed by atoms with van der Waals surface area (Å²) in [6.07, 6.45) is 5.34. The summed E-state index contributed by atoms with van der Waals surface area (Å²) >= 11 is 12.3. The SMILES string of the molecule is CC(=O)OC1CC1CN1CC[C@]23c4c5cccc4O[C@H]2[C@@H](N(C)C(=O)Cc2ccc(Cl)c(Cl)c2)CC[C@H]3[C@H]1C5. The van der Waals surface area contributed by atoms with Gasteiger partial charge in [-0.2, -0.15) is 0 Å². The second-order valence-electron chi connectivity index (χ2n) is 12.2. The number of piperidine rings is 1. The van der Waals surface area contributed by atoms with E-state index in [2.05, 4.69) is 23.1 Å². The van der Waals surface area contributed by atoms with Crippen molar-refractivity contribution in [1.82, 2.24) is 9.80 Å². The molecule has 7 atom stereocenters. The van der Waals surface area contributed by atoms with E-state index in [-0.39, 0.29) is 42.0 Å². The Hall–Kier alpha value is -2.28. The zero-order valence-electron chi connectivity index (χ0n) is 22.4. The Labute approximate surface area is 239 Å². The molecule has 1 spiro atoms. The molecule has 2 aromatic rings. The Morgan fingerprint density at radius 1 is 1.18 bits per heavy atom. The average molecular weight is 570 g/mol. The smallest absolute Gasteiger partial charge is 0.302 e. The van der Waals surface area contributed by atoms with Crippen LogP contribution in [0.25, 0.3) is 0 Å². The van der Waals surface area contributed by atoms with Crippen molar-refractivity contribution < 1.29 is 19.1 Å². The summed E-state index contributed by atoms with van der Waals surface area (Å²) in [5.74, 6) is 1.84. The number of halogens is 2. The lowest BCUT2D eigenvalue weighted by atomic mass is 9.51. The maximum absolute atomic E-state index is 13.5. The molecule has 8 heteroatoms. The molecule has 5 aliphatic rings. The quantitative estimate of drug-likeness (QED) is 0.456. The maximum atomic E-state index is 13.5. The number of likely N-dealkylation sites (N-methyl/N-ethyl adjacent to an activating group) is 1. The molecule has 0 aromatic heterocycles. The minimum atomic E-state index is -0.179. The zero-order chi connectivity index (χ0) is 27.1. The third-order valence-electron chi connectivity index (χ3n) is 10.2.